The zero-order valence-corrected chi connectivity index (χ0v) is 8.93. The number of rotatable bonds is 5. The monoisotopic (exact) mass is 215 g/mol. The second kappa shape index (κ2) is 4.61. The molecule has 5 heteroatoms. The maximum Gasteiger partial charge on any atom is 0.328 e. The van der Waals surface area contributed by atoms with Crippen LogP contribution in [0.25, 0.3) is 0 Å². The van der Waals surface area contributed by atoms with Crippen molar-refractivity contribution in [1.82, 2.24) is 5.32 Å². The van der Waals surface area contributed by atoms with Crippen LogP contribution < -0.4 is 5.32 Å². The van der Waals surface area contributed by atoms with Gasteiger partial charge in [-0.05, 0) is 25.7 Å². The zero-order valence-electron chi connectivity index (χ0n) is 8.93. The topological polar surface area (TPSA) is 86.6 Å². The van der Waals surface area contributed by atoms with Crippen LogP contribution in [-0.4, -0.2) is 34.2 Å². The van der Waals surface area contributed by atoms with E-state index in [0.29, 0.717) is 5.92 Å². The molecular formula is C10H17NO4. The number of aliphatic hydroxyl groups excluding tert-OH is 1. The fraction of sp³-hybridized carbons (Fsp3) is 0.800. The molecule has 5 nitrogen and oxygen atoms in total. The molecule has 3 atom stereocenters. The normalized spacial score (nSPS) is 21.5. The smallest absolute Gasteiger partial charge is 0.328 e. The predicted molar refractivity (Wildman–Crippen MR) is 53.1 cm³/mol. The van der Waals surface area contributed by atoms with Crippen LogP contribution in [0.4, 0.5) is 0 Å². The predicted octanol–water partition coefficient (Wildman–Crippen LogP) is -0.0173. The molecule has 1 aliphatic carbocycles. The summed E-state index contributed by atoms with van der Waals surface area (Å²) in [4.78, 5) is 22.3. The zero-order chi connectivity index (χ0) is 11.6. The number of carbonyl (C=O) groups is 2. The highest BCUT2D eigenvalue weighted by atomic mass is 16.4. The maximum absolute atomic E-state index is 11.6. The van der Waals surface area contributed by atoms with Crippen LogP contribution in [0.1, 0.15) is 26.7 Å². The number of nitrogens with one attached hydrogen (secondary N) is 1. The second-order valence-corrected chi connectivity index (χ2v) is 4.19. The van der Waals surface area contributed by atoms with Crippen LogP contribution in [0.2, 0.25) is 0 Å². The molecule has 1 saturated carbocycles. The molecule has 86 valence electrons. The summed E-state index contributed by atoms with van der Waals surface area (Å²) in [5.74, 6) is -1.27. The molecule has 0 heterocycles. The van der Waals surface area contributed by atoms with Gasteiger partial charge in [0, 0.05) is 5.92 Å². The molecule has 1 amide bonds. The lowest BCUT2D eigenvalue weighted by molar-refractivity contribution is -0.145. The average Bonchev–Trinajstić information content (AvgIpc) is 2.94. The molecule has 0 aromatic rings. The highest BCUT2D eigenvalue weighted by Gasteiger charge is 2.35. The van der Waals surface area contributed by atoms with Gasteiger partial charge in [-0.3, -0.25) is 4.79 Å². The summed E-state index contributed by atoms with van der Waals surface area (Å²) in [6, 6.07) is -1.21. The first-order chi connectivity index (χ1) is 6.93. The van der Waals surface area contributed by atoms with E-state index in [9.17, 15) is 14.7 Å². The first-order valence-electron chi connectivity index (χ1n) is 5.14. The van der Waals surface area contributed by atoms with Crippen LogP contribution >= 0.6 is 0 Å². The van der Waals surface area contributed by atoms with Gasteiger partial charge in [0.25, 0.3) is 0 Å². The summed E-state index contributed by atoms with van der Waals surface area (Å²) in [5.41, 5.74) is 0. The Morgan fingerprint density at radius 2 is 1.87 bits per heavy atom. The van der Waals surface area contributed by atoms with Crippen molar-refractivity contribution in [3.8, 4) is 0 Å². The number of carbonyl (C=O) groups excluding carboxylic acids is 1. The minimum atomic E-state index is -1.21. The fourth-order valence-electron chi connectivity index (χ4n) is 1.48. The fourth-order valence-corrected chi connectivity index (χ4v) is 1.48. The van der Waals surface area contributed by atoms with Crippen molar-refractivity contribution >= 4 is 11.9 Å². The molecule has 3 N–H and O–H groups in total. The van der Waals surface area contributed by atoms with E-state index in [0.717, 1.165) is 12.8 Å². The lowest BCUT2D eigenvalue weighted by atomic mass is 10.0. The highest BCUT2D eigenvalue weighted by Crippen LogP contribution is 2.36. The standard InChI is InChI=1S/C10H17NO4/c1-5(7-3-4-7)9(13)11-8(6(2)12)10(14)15/h5-8,12H,3-4H2,1-2H3,(H,11,13)(H,14,15)/t5?,6-,8+/m1/s1. The first-order valence-corrected chi connectivity index (χ1v) is 5.14. The number of aliphatic hydroxyl groups is 1. The van der Waals surface area contributed by atoms with Gasteiger partial charge in [-0.2, -0.15) is 0 Å². The quantitative estimate of drug-likeness (QED) is 0.601. The number of aliphatic carboxylic acids is 1. The average molecular weight is 215 g/mol. The molecule has 0 aliphatic heterocycles. The Morgan fingerprint density at radius 1 is 1.33 bits per heavy atom. The number of carboxylic acid groups (broad SMARTS) is 1. The van der Waals surface area contributed by atoms with Gasteiger partial charge >= 0.3 is 5.97 Å². The van der Waals surface area contributed by atoms with Crippen LogP contribution in [0.5, 0.6) is 0 Å². The van der Waals surface area contributed by atoms with Gasteiger partial charge in [-0.15, -0.1) is 0 Å². The van der Waals surface area contributed by atoms with E-state index in [-0.39, 0.29) is 11.8 Å². The molecule has 0 saturated heterocycles. The minimum Gasteiger partial charge on any atom is -0.480 e. The number of amides is 1. The van der Waals surface area contributed by atoms with E-state index in [1.807, 2.05) is 0 Å². The van der Waals surface area contributed by atoms with E-state index in [1.54, 1.807) is 6.92 Å². The van der Waals surface area contributed by atoms with E-state index < -0.39 is 18.1 Å². The molecule has 0 spiro atoms. The maximum atomic E-state index is 11.6. The summed E-state index contributed by atoms with van der Waals surface area (Å²) >= 11 is 0. The van der Waals surface area contributed by atoms with Gasteiger partial charge in [-0.25, -0.2) is 4.79 Å². The number of hydrogen-bond donors (Lipinski definition) is 3. The van der Waals surface area contributed by atoms with Gasteiger partial charge in [0.05, 0.1) is 6.10 Å². The Balaban J connectivity index is 2.49. The molecule has 0 aromatic heterocycles. The molecular weight excluding hydrogens is 198 g/mol. The lowest BCUT2D eigenvalue weighted by Gasteiger charge is -2.19. The molecule has 1 aliphatic rings. The third kappa shape index (κ3) is 3.20. The Labute approximate surface area is 88.5 Å². The van der Waals surface area contributed by atoms with Crippen molar-refractivity contribution in [1.29, 1.82) is 0 Å². The van der Waals surface area contributed by atoms with Crippen LogP contribution in [0.15, 0.2) is 0 Å². The summed E-state index contributed by atoms with van der Waals surface area (Å²) in [6.07, 6.45) is 0.972. The number of hydrogen-bond acceptors (Lipinski definition) is 3. The van der Waals surface area contributed by atoms with Gasteiger partial charge in [-0.1, -0.05) is 6.92 Å². The van der Waals surface area contributed by atoms with E-state index in [1.165, 1.54) is 6.92 Å². The van der Waals surface area contributed by atoms with Crippen molar-refractivity contribution in [2.75, 3.05) is 0 Å². The summed E-state index contributed by atoms with van der Waals surface area (Å²) in [7, 11) is 0. The molecule has 1 rings (SSSR count). The Hall–Kier alpha value is -1.10. The first kappa shape index (κ1) is 12.0. The SMILES string of the molecule is CC(C(=O)N[C@H](C(=O)O)[C@@H](C)O)C1CC1. The Bertz CT molecular complexity index is 260. The summed E-state index contributed by atoms with van der Waals surface area (Å²) < 4.78 is 0. The summed E-state index contributed by atoms with van der Waals surface area (Å²) in [6.45, 7) is 3.13. The van der Waals surface area contributed by atoms with E-state index in [2.05, 4.69) is 5.32 Å². The molecule has 0 bridgehead atoms. The molecule has 1 fully saturated rings. The molecule has 15 heavy (non-hydrogen) atoms. The third-order valence-corrected chi connectivity index (χ3v) is 2.79. The lowest BCUT2D eigenvalue weighted by Crippen LogP contribution is -2.49. The number of carboxylic acids is 1. The molecule has 1 unspecified atom stereocenters. The Morgan fingerprint density at radius 3 is 2.20 bits per heavy atom. The van der Waals surface area contributed by atoms with Crippen LogP contribution in [-0.2, 0) is 9.59 Å². The van der Waals surface area contributed by atoms with Crippen molar-refractivity contribution in [3.63, 3.8) is 0 Å². The highest BCUT2D eigenvalue weighted by molar-refractivity contribution is 5.85. The van der Waals surface area contributed by atoms with Gasteiger partial charge in [0.1, 0.15) is 0 Å². The van der Waals surface area contributed by atoms with Gasteiger partial charge < -0.3 is 15.5 Å². The van der Waals surface area contributed by atoms with E-state index in [4.69, 9.17) is 5.11 Å². The van der Waals surface area contributed by atoms with Crippen molar-refractivity contribution in [2.45, 2.75) is 38.8 Å². The van der Waals surface area contributed by atoms with Crippen LogP contribution in [0.3, 0.4) is 0 Å². The van der Waals surface area contributed by atoms with Gasteiger partial charge in [0.15, 0.2) is 6.04 Å². The Kier molecular flexibility index (Phi) is 3.68. The largest absolute Gasteiger partial charge is 0.480 e. The van der Waals surface area contributed by atoms with Crippen LogP contribution in [0, 0.1) is 11.8 Å². The minimum absolute atomic E-state index is 0.161. The van der Waals surface area contributed by atoms with E-state index >= 15 is 0 Å². The summed E-state index contributed by atoms with van der Waals surface area (Å²) in [5, 5.41) is 20.3. The molecule has 0 aromatic carbocycles. The van der Waals surface area contributed by atoms with Crippen molar-refractivity contribution in [3.05, 3.63) is 0 Å². The van der Waals surface area contributed by atoms with Crippen molar-refractivity contribution in [2.24, 2.45) is 11.8 Å². The molecule has 0 radical (unpaired) electrons. The van der Waals surface area contributed by atoms with Crippen molar-refractivity contribution < 1.29 is 19.8 Å². The second-order valence-electron chi connectivity index (χ2n) is 4.19. The van der Waals surface area contributed by atoms with Gasteiger partial charge in [0.2, 0.25) is 5.91 Å². The third-order valence-electron chi connectivity index (χ3n) is 2.79.